The molecule has 0 fully saturated rings. The third-order valence-electron chi connectivity index (χ3n) is 5.16. The van der Waals surface area contributed by atoms with Crippen molar-refractivity contribution < 1.29 is 19.0 Å². The van der Waals surface area contributed by atoms with Crippen molar-refractivity contribution in [2.45, 2.75) is 6.92 Å². The van der Waals surface area contributed by atoms with Crippen molar-refractivity contribution in [3.63, 3.8) is 0 Å². The van der Waals surface area contributed by atoms with Crippen LogP contribution < -0.4 is 24.8 Å². The summed E-state index contributed by atoms with van der Waals surface area (Å²) in [4.78, 5) is 16.8. The first-order chi connectivity index (χ1) is 16.5. The highest BCUT2D eigenvalue weighted by Gasteiger charge is 2.12. The van der Waals surface area contributed by atoms with Gasteiger partial charge in [-0.25, -0.2) is 0 Å². The summed E-state index contributed by atoms with van der Waals surface area (Å²) in [5, 5.41) is 6.72. The highest BCUT2D eigenvalue weighted by molar-refractivity contribution is 7.80. The quantitative estimate of drug-likeness (QED) is 0.359. The first kappa shape index (κ1) is 23.0. The van der Waals surface area contributed by atoms with Crippen molar-refractivity contribution in [1.29, 1.82) is 0 Å². The summed E-state index contributed by atoms with van der Waals surface area (Å²) in [6.07, 6.45) is 1.68. The van der Waals surface area contributed by atoms with Crippen LogP contribution in [-0.4, -0.2) is 30.2 Å². The Balaban J connectivity index is 1.45. The van der Waals surface area contributed by atoms with Crippen LogP contribution in [0.3, 0.4) is 0 Å². The second-order valence-corrected chi connectivity index (χ2v) is 7.79. The topological polar surface area (TPSA) is 81.7 Å². The molecule has 3 aromatic carbocycles. The lowest BCUT2D eigenvalue weighted by Crippen LogP contribution is -2.34. The Hall–Kier alpha value is -4.17. The Morgan fingerprint density at radius 2 is 1.62 bits per heavy atom. The van der Waals surface area contributed by atoms with Crippen LogP contribution in [0.4, 0.5) is 5.69 Å². The number of rotatable bonds is 6. The SMILES string of the molecule is COc1cc2nccc(Oc3ccc(NC(=S)NC(=O)c4ccccc4C)cc3)c2cc1OC. The predicted molar refractivity (Wildman–Crippen MR) is 136 cm³/mol. The zero-order valence-electron chi connectivity index (χ0n) is 18.9. The molecular weight excluding hydrogens is 450 g/mol. The van der Waals surface area contributed by atoms with Gasteiger partial charge in [-0.3, -0.25) is 15.1 Å². The smallest absolute Gasteiger partial charge is 0.257 e. The van der Waals surface area contributed by atoms with E-state index >= 15 is 0 Å². The minimum absolute atomic E-state index is 0.211. The number of methoxy groups -OCH3 is 2. The number of ether oxygens (including phenoxy) is 3. The van der Waals surface area contributed by atoms with Gasteiger partial charge in [0.1, 0.15) is 11.5 Å². The molecule has 0 aliphatic rings. The number of benzene rings is 3. The van der Waals surface area contributed by atoms with Crippen molar-refractivity contribution in [1.82, 2.24) is 10.3 Å². The van der Waals surface area contributed by atoms with Crippen molar-refractivity contribution in [2.75, 3.05) is 19.5 Å². The number of anilines is 1. The van der Waals surface area contributed by atoms with Gasteiger partial charge in [0.2, 0.25) is 0 Å². The molecule has 34 heavy (non-hydrogen) atoms. The molecule has 0 radical (unpaired) electrons. The minimum Gasteiger partial charge on any atom is -0.493 e. The fourth-order valence-electron chi connectivity index (χ4n) is 3.43. The van der Waals surface area contributed by atoms with Gasteiger partial charge in [-0.2, -0.15) is 0 Å². The van der Waals surface area contributed by atoms with E-state index in [0.717, 1.165) is 16.5 Å². The summed E-state index contributed by atoms with van der Waals surface area (Å²) in [6, 6.07) is 20.0. The number of nitrogens with zero attached hydrogens (tertiary/aromatic N) is 1. The van der Waals surface area contributed by atoms with Gasteiger partial charge in [-0.15, -0.1) is 0 Å². The number of thiocarbonyl (C=S) groups is 1. The Morgan fingerprint density at radius 1 is 0.912 bits per heavy atom. The Bertz CT molecular complexity index is 1360. The van der Waals surface area contributed by atoms with Gasteiger partial charge in [0, 0.05) is 28.9 Å². The highest BCUT2D eigenvalue weighted by Crippen LogP contribution is 2.36. The molecule has 0 spiro atoms. The number of aromatic nitrogens is 1. The maximum Gasteiger partial charge on any atom is 0.257 e. The van der Waals surface area contributed by atoms with Gasteiger partial charge in [0.15, 0.2) is 16.6 Å². The van der Waals surface area contributed by atoms with Crippen LogP contribution in [0.5, 0.6) is 23.0 Å². The minimum atomic E-state index is -0.257. The van der Waals surface area contributed by atoms with Crippen molar-refractivity contribution >= 4 is 39.8 Å². The molecule has 1 heterocycles. The van der Waals surface area contributed by atoms with Crippen molar-refractivity contribution in [3.05, 3.63) is 84.1 Å². The molecule has 8 heteroatoms. The molecule has 4 aromatic rings. The van der Waals surface area contributed by atoms with Crippen LogP contribution in [0.1, 0.15) is 15.9 Å². The van der Waals surface area contributed by atoms with E-state index in [2.05, 4.69) is 15.6 Å². The lowest BCUT2D eigenvalue weighted by atomic mass is 10.1. The fraction of sp³-hybridized carbons (Fsp3) is 0.115. The summed E-state index contributed by atoms with van der Waals surface area (Å²) >= 11 is 5.29. The van der Waals surface area contributed by atoms with Gasteiger partial charge in [0.05, 0.1) is 19.7 Å². The average molecular weight is 474 g/mol. The molecule has 2 N–H and O–H groups in total. The second-order valence-electron chi connectivity index (χ2n) is 7.38. The maximum atomic E-state index is 12.4. The normalized spacial score (nSPS) is 10.4. The van der Waals surface area contributed by atoms with Crippen LogP contribution in [0.2, 0.25) is 0 Å². The molecule has 172 valence electrons. The van der Waals surface area contributed by atoms with Gasteiger partial charge >= 0.3 is 0 Å². The largest absolute Gasteiger partial charge is 0.493 e. The molecule has 1 aromatic heterocycles. The lowest BCUT2D eigenvalue weighted by molar-refractivity contribution is 0.0977. The van der Waals surface area contributed by atoms with Crippen LogP contribution in [0.25, 0.3) is 10.9 Å². The number of nitrogens with one attached hydrogen (secondary N) is 2. The van der Waals surface area contributed by atoms with E-state index in [1.807, 2.05) is 43.3 Å². The second kappa shape index (κ2) is 10.2. The number of pyridine rings is 1. The summed E-state index contributed by atoms with van der Waals surface area (Å²) in [7, 11) is 3.17. The summed E-state index contributed by atoms with van der Waals surface area (Å²) in [5.74, 6) is 2.19. The third kappa shape index (κ3) is 5.07. The molecule has 0 saturated carbocycles. The third-order valence-corrected chi connectivity index (χ3v) is 5.37. The number of fused-ring (bicyclic) bond motifs is 1. The number of aryl methyl sites for hydroxylation is 1. The molecule has 1 amide bonds. The van der Waals surface area contributed by atoms with Crippen molar-refractivity contribution in [3.8, 4) is 23.0 Å². The van der Waals surface area contributed by atoms with E-state index < -0.39 is 0 Å². The number of carbonyl (C=O) groups excluding carboxylic acids is 1. The molecular formula is C26H23N3O4S. The molecule has 0 atom stereocenters. The molecule has 0 saturated heterocycles. The Labute approximate surface area is 202 Å². The van der Waals surface area contributed by atoms with Crippen LogP contribution in [0, 0.1) is 6.92 Å². The molecule has 4 rings (SSSR count). The van der Waals surface area contributed by atoms with Gasteiger partial charge in [-0.1, -0.05) is 18.2 Å². The van der Waals surface area contributed by atoms with Crippen LogP contribution in [-0.2, 0) is 0 Å². The standard InChI is InChI=1S/C26H23N3O4S/c1-16-6-4-5-7-19(16)25(30)29-26(34)28-17-8-10-18(11-9-17)33-22-12-13-27-21-15-24(32-3)23(31-2)14-20(21)22/h4-15H,1-3H3,(H2,28,29,30,34). The molecule has 0 bridgehead atoms. The van der Waals surface area contributed by atoms with E-state index in [1.165, 1.54) is 0 Å². The van der Waals surface area contributed by atoms with Crippen LogP contribution in [0.15, 0.2) is 72.9 Å². The van der Waals surface area contributed by atoms with E-state index in [9.17, 15) is 4.79 Å². The maximum absolute atomic E-state index is 12.4. The van der Waals surface area contributed by atoms with E-state index in [1.54, 1.807) is 50.7 Å². The van der Waals surface area contributed by atoms with E-state index in [0.29, 0.717) is 34.2 Å². The number of hydrogen-bond acceptors (Lipinski definition) is 6. The fourth-order valence-corrected chi connectivity index (χ4v) is 3.64. The first-order valence-corrected chi connectivity index (χ1v) is 10.9. The summed E-state index contributed by atoms with van der Waals surface area (Å²) < 4.78 is 16.9. The molecule has 0 aliphatic heterocycles. The molecule has 7 nitrogen and oxygen atoms in total. The number of carbonyl (C=O) groups is 1. The van der Waals surface area contributed by atoms with Gasteiger partial charge < -0.3 is 19.5 Å². The van der Waals surface area contributed by atoms with E-state index in [4.69, 9.17) is 26.4 Å². The van der Waals surface area contributed by atoms with Gasteiger partial charge in [0.25, 0.3) is 5.91 Å². The predicted octanol–water partition coefficient (Wildman–Crippen LogP) is 5.48. The highest BCUT2D eigenvalue weighted by atomic mass is 32.1. The molecule has 0 unspecified atom stereocenters. The zero-order chi connectivity index (χ0) is 24.1. The number of hydrogen-bond donors (Lipinski definition) is 2. The van der Waals surface area contributed by atoms with Gasteiger partial charge in [-0.05, 0) is 67.2 Å². The Morgan fingerprint density at radius 3 is 2.32 bits per heavy atom. The monoisotopic (exact) mass is 473 g/mol. The van der Waals surface area contributed by atoms with Crippen molar-refractivity contribution in [2.24, 2.45) is 0 Å². The zero-order valence-corrected chi connectivity index (χ0v) is 19.7. The Kier molecular flexibility index (Phi) is 6.89. The average Bonchev–Trinajstić information content (AvgIpc) is 2.84. The summed E-state index contributed by atoms with van der Waals surface area (Å²) in [5.41, 5.74) is 2.90. The lowest BCUT2D eigenvalue weighted by Gasteiger charge is -2.13. The first-order valence-electron chi connectivity index (χ1n) is 10.4. The summed E-state index contributed by atoms with van der Waals surface area (Å²) in [6.45, 7) is 1.88. The number of amides is 1. The van der Waals surface area contributed by atoms with Crippen LogP contribution >= 0.6 is 12.2 Å². The van der Waals surface area contributed by atoms with E-state index in [-0.39, 0.29) is 11.0 Å². The molecule has 0 aliphatic carbocycles.